The Balaban J connectivity index is 2.23. The fourth-order valence-corrected chi connectivity index (χ4v) is 4.22. The van der Waals surface area contributed by atoms with Gasteiger partial charge in [0, 0.05) is 12.0 Å². The van der Waals surface area contributed by atoms with Gasteiger partial charge in [-0.05, 0) is 43.4 Å². The molecular weight excluding hydrogens is 264 g/mol. The highest BCUT2D eigenvalue weighted by atomic mass is 16.4. The first-order valence-electron chi connectivity index (χ1n) is 7.81. The molecule has 21 heavy (non-hydrogen) atoms. The molecule has 2 aliphatic carbocycles. The van der Waals surface area contributed by atoms with Gasteiger partial charge in [-0.1, -0.05) is 44.2 Å². The van der Waals surface area contributed by atoms with E-state index in [0.29, 0.717) is 17.8 Å². The minimum Gasteiger partial charge on any atom is -0.478 e. The molecule has 6 atom stereocenters. The van der Waals surface area contributed by atoms with Crippen LogP contribution in [0, 0.1) is 29.6 Å². The lowest BCUT2D eigenvalue weighted by Gasteiger charge is -2.48. The number of allylic oxidation sites excluding steroid dienone is 3. The molecule has 1 fully saturated rings. The number of carbonyl (C=O) groups is 1. The SMILES string of the molecule is C[C@H]1C[C@@H](C)[C@@H]2[C@@H](C=CC=CC(=O)O)[C@](C)(O)C=C[C@H]2C1. The molecule has 0 radical (unpaired) electrons. The molecule has 3 nitrogen and oxygen atoms in total. The second-order valence-electron chi connectivity index (χ2n) is 6.99. The Morgan fingerprint density at radius 2 is 2.00 bits per heavy atom. The minimum absolute atomic E-state index is 0.0356. The third-order valence-electron chi connectivity index (χ3n) is 5.04. The zero-order valence-corrected chi connectivity index (χ0v) is 13.1. The predicted octanol–water partition coefficient (Wildman–Crippen LogP) is 3.42. The highest BCUT2D eigenvalue weighted by Crippen LogP contribution is 2.49. The molecule has 0 aliphatic heterocycles. The molecule has 2 aliphatic rings. The molecule has 1 saturated carbocycles. The Labute approximate surface area is 127 Å². The molecule has 0 spiro atoms. The predicted molar refractivity (Wildman–Crippen MR) is 83.7 cm³/mol. The van der Waals surface area contributed by atoms with Gasteiger partial charge in [-0.2, -0.15) is 0 Å². The summed E-state index contributed by atoms with van der Waals surface area (Å²) in [4.78, 5) is 10.5. The van der Waals surface area contributed by atoms with Crippen LogP contribution in [0.3, 0.4) is 0 Å². The smallest absolute Gasteiger partial charge is 0.328 e. The van der Waals surface area contributed by atoms with Crippen molar-refractivity contribution in [1.29, 1.82) is 0 Å². The van der Waals surface area contributed by atoms with E-state index in [2.05, 4.69) is 19.9 Å². The molecule has 0 bridgehead atoms. The van der Waals surface area contributed by atoms with E-state index in [1.54, 1.807) is 6.08 Å². The van der Waals surface area contributed by atoms with Gasteiger partial charge in [-0.3, -0.25) is 0 Å². The average molecular weight is 290 g/mol. The summed E-state index contributed by atoms with van der Waals surface area (Å²) in [6.07, 6.45) is 12.9. The maximum Gasteiger partial charge on any atom is 0.328 e. The lowest BCUT2D eigenvalue weighted by atomic mass is 9.58. The van der Waals surface area contributed by atoms with E-state index >= 15 is 0 Å². The van der Waals surface area contributed by atoms with Gasteiger partial charge >= 0.3 is 5.97 Å². The summed E-state index contributed by atoms with van der Waals surface area (Å²) in [6.45, 7) is 6.42. The fourth-order valence-electron chi connectivity index (χ4n) is 4.22. The highest BCUT2D eigenvalue weighted by Gasteiger charge is 2.45. The normalized spacial score (nSPS) is 43.3. The summed E-state index contributed by atoms with van der Waals surface area (Å²) in [5, 5.41) is 19.3. The van der Waals surface area contributed by atoms with Crippen LogP contribution in [0.1, 0.15) is 33.6 Å². The van der Waals surface area contributed by atoms with Crippen molar-refractivity contribution in [2.75, 3.05) is 0 Å². The third-order valence-corrected chi connectivity index (χ3v) is 5.04. The number of hydrogen-bond acceptors (Lipinski definition) is 2. The first kappa shape index (κ1) is 16.0. The number of hydrogen-bond donors (Lipinski definition) is 2. The Morgan fingerprint density at radius 1 is 1.29 bits per heavy atom. The first-order chi connectivity index (χ1) is 9.81. The lowest BCUT2D eigenvalue weighted by molar-refractivity contribution is -0.131. The largest absolute Gasteiger partial charge is 0.478 e. The van der Waals surface area contributed by atoms with Crippen LogP contribution in [0.4, 0.5) is 0 Å². The van der Waals surface area contributed by atoms with E-state index < -0.39 is 11.6 Å². The zero-order chi connectivity index (χ0) is 15.6. The molecule has 0 amide bonds. The standard InChI is InChI=1S/C18H26O3/c1-12-10-13(2)17-14(11-12)8-9-18(3,21)15(17)6-4-5-7-16(19)20/h4-9,12-15,17,21H,10-11H2,1-3H3,(H,19,20)/t12-,13+,14-,15+,17-,18+/m0/s1. The van der Waals surface area contributed by atoms with Crippen LogP contribution in [0.15, 0.2) is 36.5 Å². The van der Waals surface area contributed by atoms with E-state index in [1.165, 1.54) is 18.9 Å². The van der Waals surface area contributed by atoms with Crippen LogP contribution in [0.25, 0.3) is 0 Å². The Hall–Kier alpha value is -1.35. The summed E-state index contributed by atoms with van der Waals surface area (Å²) in [5.41, 5.74) is -0.858. The average Bonchev–Trinajstić information content (AvgIpc) is 2.36. The van der Waals surface area contributed by atoms with Crippen molar-refractivity contribution in [1.82, 2.24) is 0 Å². The monoisotopic (exact) mass is 290 g/mol. The Bertz CT molecular complexity index is 473. The topological polar surface area (TPSA) is 57.5 Å². The van der Waals surface area contributed by atoms with Crippen LogP contribution in [0.2, 0.25) is 0 Å². The van der Waals surface area contributed by atoms with Gasteiger partial charge in [0.1, 0.15) is 0 Å². The molecule has 0 unspecified atom stereocenters. The van der Waals surface area contributed by atoms with Crippen molar-refractivity contribution in [3.05, 3.63) is 36.5 Å². The maximum atomic E-state index is 10.7. The number of aliphatic hydroxyl groups is 1. The zero-order valence-electron chi connectivity index (χ0n) is 13.1. The molecular formula is C18H26O3. The number of carboxylic acid groups (broad SMARTS) is 1. The van der Waals surface area contributed by atoms with Gasteiger partial charge in [0.05, 0.1) is 5.60 Å². The molecule has 2 rings (SSSR count). The van der Waals surface area contributed by atoms with Crippen LogP contribution >= 0.6 is 0 Å². The van der Waals surface area contributed by atoms with Crippen LogP contribution < -0.4 is 0 Å². The van der Waals surface area contributed by atoms with Crippen molar-refractivity contribution < 1.29 is 15.0 Å². The van der Waals surface area contributed by atoms with Crippen LogP contribution in [-0.2, 0) is 4.79 Å². The lowest BCUT2D eigenvalue weighted by Crippen LogP contribution is -2.47. The Morgan fingerprint density at radius 3 is 2.67 bits per heavy atom. The second kappa shape index (κ2) is 6.18. The first-order valence-corrected chi connectivity index (χ1v) is 7.81. The summed E-state index contributed by atoms with van der Waals surface area (Å²) in [6, 6.07) is 0. The van der Waals surface area contributed by atoms with Crippen LogP contribution in [0.5, 0.6) is 0 Å². The van der Waals surface area contributed by atoms with E-state index in [-0.39, 0.29) is 5.92 Å². The van der Waals surface area contributed by atoms with E-state index in [1.807, 2.05) is 19.1 Å². The van der Waals surface area contributed by atoms with Gasteiger partial charge in [-0.25, -0.2) is 4.79 Å². The molecule has 0 aromatic carbocycles. The third kappa shape index (κ3) is 3.65. The molecule has 0 heterocycles. The highest BCUT2D eigenvalue weighted by molar-refractivity contribution is 5.80. The number of rotatable bonds is 3. The van der Waals surface area contributed by atoms with Gasteiger partial charge in [0.25, 0.3) is 0 Å². The fraction of sp³-hybridized carbons (Fsp3) is 0.611. The van der Waals surface area contributed by atoms with E-state index in [0.717, 1.165) is 12.0 Å². The molecule has 116 valence electrons. The van der Waals surface area contributed by atoms with E-state index in [4.69, 9.17) is 5.11 Å². The van der Waals surface area contributed by atoms with Crippen molar-refractivity contribution in [2.45, 2.75) is 39.2 Å². The van der Waals surface area contributed by atoms with Crippen LogP contribution in [-0.4, -0.2) is 21.8 Å². The summed E-state index contributed by atoms with van der Waals surface area (Å²) in [5.74, 6) is 1.32. The van der Waals surface area contributed by atoms with Gasteiger partial charge in [0.2, 0.25) is 0 Å². The van der Waals surface area contributed by atoms with Crippen molar-refractivity contribution in [2.24, 2.45) is 29.6 Å². The van der Waals surface area contributed by atoms with Gasteiger partial charge in [0.15, 0.2) is 0 Å². The van der Waals surface area contributed by atoms with Gasteiger partial charge < -0.3 is 10.2 Å². The summed E-state index contributed by atoms with van der Waals surface area (Å²) < 4.78 is 0. The van der Waals surface area contributed by atoms with Crippen molar-refractivity contribution in [3.8, 4) is 0 Å². The molecule has 0 saturated heterocycles. The summed E-state index contributed by atoms with van der Waals surface area (Å²) >= 11 is 0. The summed E-state index contributed by atoms with van der Waals surface area (Å²) in [7, 11) is 0. The molecule has 2 N–H and O–H groups in total. The molecule has 0 aromatic heterocycles. The quantitative estimate of drug-likeness (QED) is 0.476. The molecule has 3 heteroatoms. The Kier molecular flexibility index (Phi) is 4.72. The second-order valence-corrected chi connectivity index (χ2v) is 6.99. The van der Waals surface area contributed by atoms with Gasteiger partial charge in [-0.15, -0.1) is 0 Å². The number of aliphatic carboxylic acids is 1. The molecule has 0 aromatic rings. The van der Waals surface area contributed by atoms with E-state index in [9.17, 15) is 9.90 Å². The number of fused-ring (bicyclic) bond motifs is 1. The maximum absolute atomic E-state index is 10.7. The minimum atomic E-state index is -0.951. The number of carboxylic acids is 1. The van der Waals surface area contributed by atoms with Crippen molar-refractivity contribution in [3.63, 3.8) is 0 Å². The van der Waals surface area contributed by atoms with Crippen molar-refractivity contribution >= 4 is 5.97 Å².